The van der Waals surface area contributed by atoms with E-state index in [2.05, 4.69) is 0 Å². The van der Waals surface area contributed by atoms with Crippen LogP contribution in [0.15, 0.2) is 77.7 Å². The van der Waals surface area contributed by atoms with Crippen molar-refractivity contribution in [3.05, 3.63) is 95.6 Å². The monoisotopic (exact) mass is 447 g/mol. The van der Waals surface area contributed by atoms with Crippen molar-refractivity contribution >= 4 is 34.3 Å². The van der Waals surface area contributed by atoms with Gasteiger partial charge in [0.2, 0.25) is 5.78 Å². The molecule has 0 aliphatic heterocycles. The van der Waals surface area contributed by atoms with E-state index in [-0.39, 0.29) is 24.0 Å². The number of carbonyl (C=O) groups is 2. The van der Waals surface area contributed by atoms with Gasteiger partial charge in [-0.1, -0.05) is 30.3 Å². The lowest BCUT2D eigenvalue weighted by molar-refractivity contribution is -0.139. The van der Waals surface area contributed by atoms with E-state index in [1.54, 1.807) is 18.2 Å². The fraction of sp³-hybridized carbons (Fsp3) is 0.154. The number of nitrogens with zero attached hydrogens (tertiary/aromatic N) is 1. The van der Waals surface area contributed by atoms with Gasteiger partial charge in [-0.25, -0.2) is 4.39 Å². The number of rotatable bonds is 7. The van der Waals surface area contributed by atoms with Gasteiger partial charge in [0.1, 0.15) is 5.82 Å². The fourth-order valence-corrected chi connectivity index (χ4v) is 4.44. The highest BCUT2D eigenvalue weighted by Crippen LogP contribution is 2.24. The minimum Gasteiger partial charge on any atom is -0.457 e. The highest BCUT2D eigenvalue weighted by molar-refractivity contribution is 8.00. The van der Waals surface area contributed by atoms with Crippen LogP contribution in [0.3, 0.4) is 0 Å². The van der Waals surface area contributed by atoms with Crippen LogP contribution in [-0.4, -0.2) is 28.7 Å². The van der Waals surface area contributed by atoms with Crippen LogP contribution in [0.25, 0.3) is 16.5 Å². The number of aromatic nitrogens is 1. The van der Waals surface area contributed by atoms with E-state index in [4.69, 9.17) is 4.74 Å². The summed E-state index contributed by atoms with van der Waals surface area (Å²) < 4.78 is 20.3. The van der Waals surface area contributed by atoms with Gasteiger partial charge in [0.15, 0.2) is 6.61 Å². The van der Waals surface area contributed by atoms with Crippen LogP contribution in [0, 0.1) is 19.7 Å². The molecule has 0 bridgehead atoms. The zero-order valence-electron chi connectivity index (χ0n) is 17.8. The molecule has 1 aromatic heterocycles. The molecule has 0 fully saturated rings. The number of halogens is 1. The summed E-state index contributed by atoms with van der Waals surface area (Å²) in [6.07, 6.45) is 0. The maximum Gasteiger partial charge on any atom is 0.316 e. The van der Waals surface area contributed by atoms with Crippen LogP contribution >= 0.6 is 11.8 Å². The summed E-state index contributed by atoms with van der Waals surface area (Å²) in [6.45, 7) is 3.38. The Kier molecular flexibility index (Phi) is 6.42. The van der Waals surface area contributed by atoms with Crippen molar-refractivity contribution in [2.75, 3.05) is 12.4 Å². The number of aryl methyl sites for hydroxylation is 1. The van der Waals surface area contributed by atoms with Crippen LogP contribution in [-0.2, 0) is 9.53 Å². The highest BCUT2D eigenvalue weighted by Gasteiger charge is 2.18. The molecule has 4 aromatic rings. The molecule has 3 aromatic carbocycles. The average Bonchev–Trinajstić information content (AvgIpc) is 3.10. The summed E-state index contributed by atoms with van der Waals surface area (Å²) in [6, 6.07) is 21.9. The lowest BCUT2D eigenvalue weighted by atomic mass is 10.1. The lowest BCUT2D eigenvalue weighted by Crippen LogP contribution is -2.16. The number of thioether (sulfide) groups is 1. The van der Waals surface area contributed by atoms with Gasteiger partial charge in [-0.05, 0) is 67.1 Å². The highest BCUT2D eigenvalue weighted by atomic mass is 32.2. The Labute approximate surface area is 190 Å². The number of Topliss-reactive ketones (excluding diaryl/α,β-unsaturated/α-hetero) is 1. The van der Waals surface area contributed by atoms with Crippen LogP contribution in [0.2, 0.25) is 0 Å². The number of esters is 1. The molecule has 0 spiro atoms. The fourth-order valence-electron chi connectivity index (χ4n) is 3.70. The molecule has 32 heavy (non-hydrogen) atoms. The predicted molar refractivity (Wildman–Crippen MR) is 125 cm³/mol. The molecule has 0 amide bonds. The molecule has 0 aliphatic rings. The number of hydrogen-bond donors (Lipinski definition) is 0. The molecule has 0 unspecified atom stereocenters. The first-order valence-corrected chi connectivity index (χ1v) is 11.2. The number of carbonyl (C=O) groups excluding carboxylic acids is 2. The Hall–Kier alpha value is -3.38. The maximum absolute atomic E-state index is 13.2. The molecule has 0 aliphatic carbocycles. The molecule has 6 heteroatoms. The predicted octanol–water partition coefficient (Wildman–Crippen LogP) is 5.90. The Balaban J connectivity index is 1.36. The topological polar surface area (TPSA) is 48.3 Å². The van der Waals surface area contributed by atoms with Crippen LogP contribution in [0.4, 0.5) is 4.39 Å². The summed E-state index contributed by atoms with van der Waals surface area (Å²) in [5.74, 6) is -0.902. The molecule has 0 saturated heterocycles. The molecule has 0 radical (unpaired) electrons. The van der Waals surface area contributed by atoms with E-state index in [9.17, 15) is 14.0 Å². The molecular formula is C26H22FNO3S. The molecular weight excluding hydrogens is 425 g/mol. The van der Waals surface area contributed by atoms with E-state index < -0.39 is 5.97 Å². The van der Waals surface area contributed by atoms with Crippen molar-refractivity contribution in [3.63, 3.8) is 0 Å². The van der Waals surface area contributed by atoms with Crippen LogP contribution in [0.1, 0.15) is 21.7 Å². The lowest BCUT2D eigenvalue weighted by Gasteiger charge is -2.10. The minimum absolute atomic E-state index is 0.125. The van der Waals surface area contributed by atoms with E-state index >= 15 is 0 Å². The maximum atomic E-state index is 13.2. The molecule has 0 N–H and O–H groups in total. The smallest absolute Gasteiger partial charge is 0.316 e. The first kappa shape index (κ1) is 21.8. The van der Waals surface area contributed by atoms with Gasteiger partial charge >= 0.3 is 5.97 Å². The van der Waals surface area contributed by atoms with Crippen molar-refractivity contribution in [2.45, 2.75) is 18.7 Å². The Morgan fingerprint density at radius 1 is 0.938 bits per heavy atom. The van der Waals surface area contributed by atoms with Gasteiger partial charge in [0.25, 0.3) is 0 Å². The first-order valence-electron chi connectivity index (χ1n) is 10.2. The summed E-state index contributed by atoms with van der Waals surface area (Å²) in [5, 5.41) is 2.25. The quantitative estimate of drug-likeness (QED) is 0.201. The minimum atomic E-state index is -0.441. The van der Waals surface area contributed by atoms with E-state index in [1.165, 1.54) is 23.9 Å². The molecule has 4 rings (SSSR count). The molecule has 162 valence electrons. The number of ether oxygens (including phenoxy) is 1. The second-order valence-electron chi connectivity index (χ2n) is 7.48. The largest absolute Gasteiger partial charge is 0.457 e. The third-order valence-electron chi connectivity index (χ3n) is 5.26. The normalized spacial score (nSPS) is 11.0. The molecule has 1 heterocycles. The van der Waals surface area contributed by atoms with Crippen LogP contribution < -0.4 is 0 Å². The third kappa shape index (κ3) is 4.75. The third-order valence-corrected chi connectivity index (χ3v) is 6.23. The second kappa shape index (κ2) is 9.40. The van der Waals surface area contributed by atoms with Gasteiger partial charge in [-0.2, -0.15) is 0 Å². The van der Waals surface area contributed by atoms with E-state index in [1.807, 2.05) is 60.9 Å². The Morgan fingerprint density at radius 3 is 2.41 bits per heavy atom. The van der Waals surface area contributed by atoms with Crippen molar-refractivity contribution in [1.82, 2.24) is 4.57 Å². The average molecular weight is 448 g/mol. The van der Waals surface area contributed by atoms with Gasteiger partial charge in [-0.15, -0.1) is 11.8 Å². The van der Waals surface area contributed by atoms with E-state index in [0.29, 0.717) is 5.56 Å². The molecule has 0 atom stereocenters. The number of fused-ring (bicyclic) bond motifs is 1. The Bertz CT molecular complexity index is 1290. The van der Waals surface area contributed by atoms with Gasteiger partial charge in [0, 0.05) is 27.5 Å². The van der Waals surface area contributed by atoms with E-state index in [0.717, 1.165) is 32.7 Å². The standard InChI is InChI=1S/C26H22FNO3S/c1-17-13-24(18(2)28(17)22-10-8-21(27)9-11-22)25(29)15-31-26(30)16-32-23-12-7-19-5-3-4-6-20(19)14-23/h3-14H,15-16H2,1-2H3. The SMILES string of the molecule is Cc1cc(C(=O)COC(=O)CSc2ccc3ccccc3c2)c(C)n1-c1ccc(F)cc1. The van der Waals surface area contributed by atoms with Crippen molar-refractivity contribution in [2.24, 2.45) is 0 Å². The zero-order valence-corrected chi connectivity index (χ0v) is 18.6. The summed E-state index contributed by atoms with van der Waals surface area (Å²) in [4.78, 5) is 25.8. The van der Waals surface area contributed by atoms with Gasteiger partial charge in [0.05, 0.1) is 5.75 Å². The summed E-state index contributed by atoms with van der Waals surface area (Å²) >= 11 is 1.38. The first-order chi connectivity index (χ1) is 15.4. The number of ketones is 1. The molecule has 0 saturated carbocycles. The van der Waals surface area contributed by atoms with Crippen molar-refractivity contribution in [1.29, 1.82) is 0 Å². The molecule has 4 nitrogen and oxygen atoms in total. The zero-order chi connectivity index (χ0) is 22.7. The van der Waals surface area contributed by atoms with Gasteiger partial charge < -0.3 is 9.30 Å². The summed E-state index contributed by atoms with van der Waals surface area (Å²) in [5.41, 5.74) is 2.82. The number of hydrogen-bond acceptors (Lipinski definition) is 4. The van der Waals surface area contributed by atoms with Crippen molar-refractivity contribution < 1.29 is 18.7 Å². The van der Waals surface area contributed by atoms with Crippen LogP contribution in [0.5, 0.6) is 0 Å². The van der Waals surface area contributed by atoms with Gasteiger partial charge in [-0.3, -0.25) is 9.59 Å². The second-order valence-corrected chi connectivity index (χ2v) is 8.53. The summed E-state index contributed by atoms with van der Waals surface area (Å²) in [7, 11) is 0. The Morgan fingerprint density at radius 2 is 1.66 bits per heavy atom. The van der Waals surface area contributed by atoms with Crippen molar-refractivity contribution in [3.8, 4) is 5.69 Å². The number of benzene rings is 3.